The second-order valence-corrected chi connectivity index (χ2v) is 5.52. The van der Waals surface area contributed by atoms with Gasteiger partial charge < -0.3 is 10.1 Å². The van der Waals surface area contributed by atoms with Crippen molar-refractivity contribution >= 4 is 17.3 Å². The highest BCUT2D eigenvalue weighted by Gasteiger charge is 2.24. The van der Waals surface area contributed by atoms with Crippen LogP contribution in [-0.2, 0) is 0 Å². The van der Waals surface area contributed by atoms with Gasteiger partial charge in [0.1, 0.15) is 11.9 Å². The van der Waals surface area contributed by atoms with Gasteiger partial charge >= 0.3 is 0 Å². The third-order valence-corrected chi connectivity index (χ3v) is 3.81. The van der Waals surface area contributed by atoms with Gasteiger partial charge in [-0.25, -0.2) is 4.39 Å². The van der Waals surface area contributed by atoms with Crippen LogP contribution in [0.5, 0.6) is 5.75 Å². The van der Waals surface area contributed by atoms with Crippen molar-refractivity contribution < 1.29 is 9.13 Å². The molecule has 3 rings (SSSR count). The molecule has 0 radical (unpaired) electrons. The summed E-state index contributed by atoms with van der Waals surface area (Å²) in [6.45, 7) is 4.70. The second-order valence-electron chi connectivity index (χ2n) is 5.11. The zero-order valence-electron chi connectivity index (χ0n) is 11.3. The van der Waals surface area contributed by atoms with E-state index in [9.17, 15) is 4.39 Å². The van der Waals surface area contributed by atoms with E-state index < -0.39 is 0 Å². The van der Waals surface area contributed by atoms with E-state index in [1.54, 1.807) is 0 Å². The van der Waals surface area contributed by atoms with E-state index in [2.05, 4.69) is 37.4 Å². The van der Waals surface area contributed by atoms with E-state index in [0.29, 0.717) is 23.0 Å². The van der Waals surface area contributed by atoms with Gasteiger partial charge in [-0.15, -0.1) is 0 Å². The molecule has 1 aliphatic rings. The molecule has 0 saturated heterocycles. The lowest BCUT2D eigenvalue weighted by Gasteiger charge is -2.29. The van der Waals surface area contributed by atoms with Gasteiger partial charge in [0, 0.05) is 6.07 Å². The predicted molar refractivity (Wildman–Crippen MR) is 79.2 cm³/mol. The fourth-order valence-electron chi connectivity index (χ4n) is 2.48. The van der Waals surface area contributed by atoms with E-state index in [1.807, 2.05) is 0 Å². The molecule has 0 aromatic heterocycles. The van der Waals surface area contributed by atoms with Gasteiger partial charge in [0.25, 0.3) is 0 Å². The molecule has 1 N–H and O–H groups in total. The molecule has 4 heteroatoms. The predicted octanol–water partition coefficient (Wildman–Crippen LogP) is 4.64. The molecule has 104 valence electrons. The van der Waals surface area contributed by atoms with Crippen LogP contribution in [0.3, 0.4) is 0 Å². The quantitative estimate of drug-likeness (QED) is 0.826. The molecule has 1 unspecified atom stereocenters. The van der Waals surface area contributed by atoms with Crippen molar-refractivity contribution in [3.8, 4) is 5.75 Å². The molecule has 0 saturated carbocycles. The van der Waals surface area contributed by atoms with Crippen LogP contribution in [0, 0.1) is 19.7 Å². The van der Waals surface area contributed by atoms with Gasteiger partial charge in [-0.2, -0.15) is 0 Å². The lowest BCUT2D eigenvalue weighted by molar-refractivity contribution is 0.209. The third kappa shape index (κ3) is 2.34. The minimum atomic E-state index is -0.366. The van der Waals surface area contributed by atoms with Gasteiger partial charge in [-0.1, -0.05) is 35.4 Å². The molecule has 1 heterocycles. The number of hydrogen-bond acceptors (Lipinski definition) is 2. The minimum absolute atomic E-state index is 0.120. The Morgan fingerprint density at radius 3 is 2.85 bits per heavy atom. The van der Waals surface area contributed by atoms with E-state index in [1.165, 1.54) is 23.3 Å². The van der Waals surface area contributed by atoms with E-state index in [0.717, 1.165) is 5.56 Å². The largest absolute Gasteiger partial charge is 0.480 e. The first kappa shape index (κ1) is 13.3. The highest BCUT2D eigenvalue weighted by Crippen LogP contribution is 2.40. The standard InChI is InChI=1S/C16H15ClFNO/c1-9-3-4-10(2)12(5-9)15-8-19-14-7-11(18)6-13(17)16(14)20-15/h3-7,15,19H,8H2,1-2H3. The third-order valence-electron chi connectivity index (χ3n) is 3.53. The fourth-order valence-corrected chi connectivity index (χ4v) is 2.73. The summed E-state index contributed by atoms with van der Waals surface area (Å²) >= 11 is 6.07. The van der Waals surface area contributed by atoms with Gasteiger partial charge in [0.2, 0.25) is 0 Å². The molecular weight excluding hydrogens is 277 g/mol. The van der Waals surface area contributed by atoms with Crippen LogP contribution in [0.1, 0.15) is 22.8 Å². The summed E-state index contributed by atoms with van der Waals surface area (Å²) in [6, 6.07) is 8.94. The zero-order chi connectivity index (χ0) is 14.3. The van der Waals surface area contributed by atoms with E-state index in [-0.39, 0.29) is 11.9 Å². The molecule has 0 bridgehead atoms. The maximum atomic E-state index is 13.3. The van der Waals surface area contributed by atoms with Crippen molar-refractivity contribution in [3.63, 3.8) is 0 Å². The molecule has 0 aliphatic carbocycles. The van der Waals surface area contributed by atoms with Gasteiger partial charge in [0.15, 0.2) is 5.75 Å². The maximum absolute atomic E-state index is 13.3. The van der Waals surface area contributed by atoms with Crippen LogP contribution in [0.15, 0.2) is 30.3 Å². The first-order chi connectivity index (χ1) is 9.54. The first-order valence-corrected chi connectivity index (χ1v) is 6.89. The van der Waals surface area contributed by atoms with Crippen LogP contribution < -0.4 is 10.1 Å². The number of nitrogens with one attached hydrogen (secondary N) is 1. The van der Waals surface area contributed by atoms with Crippen molar-refractivity contribution in [2.75, 3.05) is 11.9 Å². The number of ether oxygens (including phenoxy) is 1. The first-order valence-electron chi connectivity index (χ1n) is 6.51. The molecule has 0 amide bonds. The summed E-state index contributed by atoms with van der Waals surface area (Å²) in [6.07, 6.45) is -0.120. The summed E-state index contributed by atoms with van der Waals surface area (Å²) in [5, 5.41) is 3.48. The summed E-state index contributed by atoms with van der Waals surface area (Å²) < 4.78 is 19.3. The van der Waals surface area contributed by atoms with Crippen molar-refractivity contribution in [1.82, 2.24) is 0 Å². The van der Waals surface area contributed by atoms with Crippen molar-refractivity contribution in [1.29, 1.82) is 0 Å². The van der Waals surface area contributed by atoms with Gasteiger partial charge in [-0.3, -0.25) is 0 Å². The van der Waals surface area contributed by atoms with Crippen LogP contribution in [-0.4, -0.2) is 6.54 Å². The van der Waals surface area contributed by atoms with Crippen molar-refractivity contribution in [2.24, 2.45) is 0 Å². The lowest BCUT2D eigenvalue weighted by atomic mass is 9.99. The van der Waals surface area contributed by atoms with Crippen LogP contribution in [0.25, 0.3) is 0 Å². The minimum Gasteiger partial charge on any atom is -0.480 e. The molecule has 20 heavy (non-hydrogen) atoms. The maximum Gasteiger partial charge on any atom is 0.162 e. The van der Waals surface area contributed by atoms with Crippen molar-refractivity contribution in [3.05, 3.63) is 57.9 Å². The van der Waals surface area contributed by atoms with Crippen LogP contribution in [0.4, 0.5) is 10.1 Å². The number of halogens is 2. The number of fused-ring (bicyclic) bond motifs is 1. The number of hydrogen-bond donors (Lipinski definition) is 1. The van der Waals surface area contributed by atoms with Gasteiger partial charge in [0.05, 0.1) is 17.3 Å². The fraction of sp³-hybridized carbons (Fsp3) is 0.250. The normalized spacial score (nSPS) is 17.1. The topological polar surface area (TPSA) is 21.3 Å². The Labute approximate surface area is 122 Å². The van der Waals surface area contributed by atoms with E-state index in [4.69, 9.17) is 16.3 Å². The number of rotatable bonds is 1. The number of aryl methyl sites for hydroxylation is 2. The Hall–Kier alpha value is -1.74. The zero-order valence-corrected chi connectivity index (χ0v) is 12.1. The van der Waals surface area contributed by atoms with E-state index >= 15 is 0 Å². The Morgan fingerprint density at radius 2 is 2.05 bits per heavy atom. The second kappa shape index (κ2) is 4.98. The van der Waals surface area contributed by atoms with Crippen LogP contribution in [0.2, 0.25) is 5.02 Å². The average molecular weight is 292 g/mol. The highest BCUT2D eigenvalue weighted by atomic mass is 35.5. The monoisotopic (exact) mass is 291 g/mol. The number of anilines is 1. The summed E-state index contributed by atoms with van der Waals surface area (Å²) in [4.78, 5) is 0. The van der Waals surface area contributed by atoms with Gasteiger partial charge in [-0.05, 0) is 31.0 Å². The summed E-state index contributed by atoms with van der Waals surface area (Å²) in [7, 11) is 0. The molecule has 0 fully saturated rings. The summed E-state index contributed by atoms with van der Waals surface area (Å²) in [5.41, 5.74) is 4.09. The Balaban J connectivity index is 1.98. The number of benzene rings is 2. The van der Waals surface area contributed by atoms with Crippen molar-refractivity contribution in [2.45, 2.75) is 20.0 Å². The molecule has 2 aromatic rings. The molecule has 1 atom stereocenters. The molecule has 1 aliphatic heterocycles. The SMILES string of the molecule is Cc1ccc(C)c(C2CNc3cc(F)cc(Cl)c3O2)c1. The Kier molecular flexibility index (Phi) is 3.30. The lowest BCUT2D eigenvalue weighted by Crippen LogP contribution is -2.24. The molecule has 2 aromatic carbocycles. The molecule has 2 nitrogen and oxygen atoms in total. The smallest absolute Gasteiger partial charge is 0.162 e. The molecular formula is C16H15ClFNO. The molecule has 0 spiro atoms. The van der Waals surface area contributed by atoms with Crippen LogP contribution >= 0.6 is 11.6 Å². The highest BCUT2D eigenvalue weighted by molar-refractivity contribution is 6.32. The summed E-state index contributed by atoms with van der Waals surface area (Å²) in [5.74, 6) is 0.153. The Morgan fingerprint density at radius 1 is 1.25 bits per heavy atom. The average Bonchev–Trinajstić information content (AvgIpc) is 2.41. The Bertz CT molecular complexity index is 672.